The molecule has 2 N–H and O–H groups in total. The molecule has 0 aromatic carbocycles. The number of aromatic nitrogens is 3. The molecule has 4 heteroatoms. The Morgan fingerprint density at radius 2 is 2.15 bits per heavy atom. The summed E-state index contributed by atoms with van der Waals surface area (Å²) in [4.78, 5) is 3.88. The highest BCUT2D eigenvalue weighted by atomic mass is 15.3. The predicted octanol–water partition coefficient (Wildman–Crippen LogP) is 1.19. The van der Waals surface area contributed by atoms with Gasteiger partial charge in [-0.1, -0.05) is 0 Å². The van der Waals surface area contributed by atoms with E-state index < -0.39 is 0 Å². The third-order valence-corrected chi connectivity index (χ3v) is 1.92. The number of hydrogen-bond donors (Lipinski definition) is 1. The Morgan fingerprint density at radius 1 is 1.38 bits per heavy atom. The zero-order valence-corrected chi connectivity index (χ0v) is 8.40. The van der Waals surface area contributed by atoms with Crippen molar-refractivity contribution >= 4 is 0 Å². The topological polar surface area (TPSA) is 56.7 Å². The molecule has 4 nitrogen and oxygen atoms in total. The molecule has 0 saturated carbocycles. The van der Waals surface area contributed by atoms with Crippen molar-refractivity contribution in [1.82, 2.24) is 14.8 Å². The molecule has 1 heterocycles. The highest BCUT2D eigenvalue weighted by Crippen LogP contribution is 2.09. The average molecular weight is 182 g/mol. The Bertz CT molecular complexity index is 222. The molecule has 1 aromatic rings. The first kappa shape index (κ1) is 10.2. The Labute approximate surface area is 79.2 Å². The predicted molar refractivity (Wildman–Crippen MR) is 52.1 cm³/mol. The van der Waals surface area contributed by atoms with E-state index in [4.69, 9.17) is 5.73 Å². The van der Waals surface area contributed by atoms with Gasteiger partial charge in [-0.3, -0.25) is 4.68 Å². The van der Waals surface area contributed by atoms with Crippen LogP contribution in [0.15, 0.2) is 12.7 Å². The molecule has 0 amide bonds. The van der Waals surface area contributed by atoms with Crippen molar-refractivity contribution in [2.75, 3.05) is 0 Å². The Balaban J connectivity index is 2.09. The highest BCUT2D eigenvalue weighted by molar-refractivity contribution is 4.70. The van der Waals surface area contributed by atoms with E-state index in [0.717, 1.165) is 25.8 Å². The van der Waals surface area contributed by atoms with Crippen LogP contribution in [0, 0.1) is 0 Å². The highest BCUT2D eigenvalue weighted by Gasteiger charge is 2.08. The van der Waals surface area contributed by atoms with E-state index in [0.29, 0.717) is 0 Å². The number of nitrogens with zero attached hydrogens (tertiary/aromatic N) is 3. The third kappa shape index (κ3) is 4.62. The zero-order valence-electron chi connectivity index (χ0n) is 8.40. The molecule has 0 spiro atoms. The number of hydrogen-bond acceptors (Lipinski definition) is 3. The first-order chi connectivity index (χ1) is 6.08. The second-order valence-electron chi connectivity index (χ2n) is 4.10. The molecule has 0 atom stereocenters. The summed E-state index contributed by atoms with van der Waals surface area (Å²) in [5.41, 5.74) is 5.82. The van der Waals surface area contributed by atoms with Gasteiger partial charge in [0.2, 0.25) is 0 Å². The minimum atomic E-state index is -0.0393. The van der Waals surface area contributed by atoms with Gasteiger partial charge in [0.25, 0.3) is 0 Å². The van der Waals surface area contributed by atoms with E-state index in [-0.39, 0.29) is 5.54 Å². The Kier molecular flexibility index (Phi) is 3.42. The number of unbranched alkanes of at least 4 members (excludes halogenated alkanes) is 1. The summed E-state index contributed by atoms with van der Waals surface area (Å²) in [5, 5.41) is 4.02. The van der Waals surface area contributed by atoms with Crippen molar-refractivity contribution in [2.45, 2.75) is 45.2 Å². The van der Waals surface area contributed by atoms with Crippen molar-refractivity contribution in [1.29, 1.82) is 0 Å². The fourth-order valence-electron chi connectivity index (χ4n) is 1.20. The normalized spacial score (nSPS) is 11.9. The Morgan fingerprint density at radius 3 is 2.69 bits per heavy atom. The van der Waals surface area contributed by atoms with Crippen molar-refractivity contribution in [3.63, 3.8) is 0 Å². The Hall–Kier alpha value is -0.900. The minimum absolute atomic E-state index is 0.0393. The van der Waals surface area contributed by atoms with E-state index in [1.54, 1.807) is 12.7 Å². The molecular weight excluding hydrogens is 164 g/mol. The van der Waals surface area contributed by atoms with Crippen LogP contribution >= 0.6 is 0 Å². The minimum Gasteiger partial charge on any atom is -0.326 e. The number of aryl methyl sites for hydroxylation is 1. The van der Waals surface area contributed by atoms with Gasteiger partial charge < -0.3 is 5.73 Å². The summed E-state index contributed by atoms with van der Waals surface area (Å²) in [5.74, 6) is 0. The quantitative estimate of drug-likeness (QED) is 0.696. The lowest BCUT2D eigenvalue weighted by Gasteiger charge is -2.17. The smallest absolute Gasteiger partial charge is 0.137 e. The van der Waals surface area contributed by atoms with Gasteiger partial charge in [-0.2, -0.15) is 5.10 Å². The molecule has 1 aromatic heterocycles. The summed E-state index contributed by atoms with van der Waals surface area (Å²) >= 11 is 0. The SMILES string of the molecule is CC(C)(N)CCCCn1cncn1. The molecule has 74 valence electrons. The largest absolute Gasteiger partial charge is 0.326 e. The zero-order chi connectivity index (χ0) is 9.73. The molecule has 13 heavy (non-hydrogen) atoms. The van der Waals surface area contributed by atoms with Crippen molar-refractivity contribution in [3.05, 3.63) is 12.7 Å². The maximum atomic E-state index is 5.86. The van der Waals surface area contributed by atoms with Gasteiger partial charge in [0.1, 0.15) is 12.7 Å². The monoisotopic (exact) mass is 182 g/mol. The second kappa shape index (κ2) is 4.37. The van der Waals surface area contributed by atoms with E-state index in [1.807, 2.05) is 4.68 Å². The molecule has 0 unspecified atom stereocenters. The molecule has 0 aliphatic heterocycles. The fraction of sp³-hybridized carbons (Fsp3) is 0.778. The molecule has 1 rings (SSSR count). The van der Waals surface area contributed by atoms with Crippen LogP contribution in [0.3, 0.4) is 0 Å². The van der Waals surface area contributed by atoms with Crippen LogP contribution in [0.1, 0.15) is 33.1 Å². The first-order valence-electron chi connectivity index (χ1n) is 4.69. The fourth-order valence-corrected chi connectivity index (χ4v) is 1.20. The van der Waals surface area contributed by atoms with Crippen LogP contribution in [0.25, 0.3) is 0 Å². The number of nitrogens with two attached hydrogens (primary N) is 1. The van der Waals surface area contributed by atoms with Crippen LogP contribution in [0.5, 0.6) is 0 Å². The van der Waals surface area contributed by atoms with Crippen molar-refractivity contribution < 1.29 is 0 Å². The number of rotatable bonds is 5. The maximum absolute atomic E-state index is 5.86. The van der Waals surface area contributed by atoms with Gasteiger partial charge in [0, 0.05) is 12.1 Å². The summed E-state index contributed by atoms with van der Waals surface area (Å²) in [6.45, 7) is 5.06. The van der Waals surface area contributed by atoms with Crippen LogP contribution in [-0.2, 0) is 6.54 Å². The average Bonchev–Trinajstić information content (AvgIpc) is 2.48. The van der Waals surface area contributed by atoms with Gasteiger partial charge in [-0.25, -0.2) is 4.98 Å². The van der Waals surface area contributed by atoms with Crippen LogP contribution in [0.2, 0.25) is 0 Å². The lowest BCUT2D eigenvalue weighted by molar-refractivity contribution is 0.432. The first-order valence-corrected chi connectivity index (χ1v) is 4.69. The third-order valence-electron chi connectivity index (χ3n) is 1.92. The summed E-state index contributed by atoms with van der Waals surface area (Å²) in [6.07, 6.45) is 6.62. The second-order valence-corrected chi connectivity index (χ2v) is 4.10. The van der Waals surface area contributed by atoms with Crippen LogP contribution < -0.4 is 5.73 Å². The van der Waals surface area contributed by atoms with E-state index in [1.165, 1.54) is 0 Å². The van der Waals surface area contributed by atoms with E-state index >= 15 is 0 Å². The summed E-state index contributed by atoms with van der Waals surface area (Å²) in [6, 6.07) is 0. The molecular formula is C9H18N4. The summed E-state index contributed by atoms with van der Waals surface area (Å²) in [7, 11) is 0. The molecule has 0 aliphatic rings. The summed E-state index contributed by atoms with van der Waals surface area (Å²) < 4.78 is 1.85. The van der Waals surface area contributed by atoms with Gasteiger partial charge in [-0.15, -0.1) is 0 Å². The van der Waals surface area contributed by atoms with Crippen LogP contribution in [-0.4, -0.2) is 20.3 Å². The molecule has 0 saturated heterocycles. The van der Waals surface area contributed by atoms with Gasteiger partial charge in [0.05, 0.1) is 0 Å². The van der Waals surface area contributed by atoms with Crippen molar-refractivity contribution in [3.8, 4) is 0 Å². The lowest BCUT2D eigenvalue weighted by Crippen LogP contribution is -2.31. The van der Waals surface area contributed by atoms with E-state index in [9.17, 15) is 0 Å². The molecule has 0 fully saturated rings. The lowest BCUT2D eigenvalue weighted by atomic mass is 9.99. The molecule has 0 bridgehead atoms. The maximum Gasteiger partial charge on any atom is 0.137 e. The van der Waals surface area contributed by atoms with Crippen molar-refractivity contribution in [2.24, 2.45) is 5.73 Å². The van der Waals surface area contributed by atoms with Gasteiger partial charge >= 0.3 is 0 Å². The van der Waals surface area contributed by atoms with Crippen LogP contribution in [0.4, 0.5) is 0 Å². The standard InChI is InChI=1S/C9H18N4/c1-9(2,10)5-3-4-6-13-8-11-7-12-13/h7-8H,3-6,10H2,1-2H3. The van der Waals surface area contributed by atoms with E-state index in [2.05, 4.69) is 23.9 Å². The van der Waals surface area contributed by atoms with Gasteiger partial charge in [-0.05, 0) is 33.1 Å². The molecule has 0 radical (unpaired) electrons. The molecule has 0 aliphatic carbocycles. The van der Waals surface area contributed by atoms with Gasteiger partial charge in [0.15, 0.2) is 0 Å².